The summed E-state index contributed by atoms with van der Waals surface area (Å²) in [7, 11) is -2.13. The van der Waals surface area contributed by atoms with Crippen LogP contribution in [0, 0.1) is 0 Å². The zero-order valence-corrected chi connectivity index (χ0v) is 87.9. The molecule has 40 nitrogen and oxygen atoms in total. The number of carbonyl (C=O) groups is 2. The molecule has 55 heteroatoms. The van der Waals surface area contributed by atoms with Crippen molar-refractivity contribution in [2.75, 3.05) is 47.8 Å². The van der Waals surface area contributed by atoms with Gasteiger partial charge in [0.05, 0.1) is 71.4 Å². The molecule has 7 heterocycles. The Morgan fingerprint density at radius 1 is 0.429 bits per heavy atom. The maximum absolute atomic E-state index is 14.7. The average Bonchev–Trinajstić information content (AvgIpc) is 0.725. The number of carboxylic acids is 2. The first-order chi connectivity index (χ1) is 57.8. The predicted octanol–water partition coefficient (Wildman–Crippen LogP) is -15.9. The van der Waals surface area contributed by atoms with Crippen molar-refractivity contribution in [3.05, 3.63) is 174 Å². The van der Waals surface area contributed by atoms with Gasteiger partial charge in [-0.3, -0.25) is 31.8 Å². The second kappa shape index (κ2) is 58.4. The Kier molecular flexibility index (Phi) is 55.0. The third kappa shape index (κ3) is 31.3. The smallest absolute Gasteiger partial charge is 0.726 e. The second-order valence-electron chi connectivity index (χ2n) is 26.9. The number of hydrogen-bond acceptors (Lipinski definition) is 43. The molecule has 7 saturated heterocycles. The Morgan fingerprint density at radius 3 is 1.17 bits per heavy atom. The number of aliphatic hydroxyl groups excluding tert-OH is 2. The van der Waals surface area contributed by atoms with E-state index in [1.807, 2.05) is 0 Å². The third-order valence-electron chi connectivity index (χ3n) is 19.9. The van der Waals surface area contributed by atoms with Gasteiger partial charge in [-0.05, 0) is 94.9 Å². The Morgan fingerprint density at radius 2 is 0.786 bits per heavy atom. The zero-order chi connectivity index (χ0) is 85.8. The molecule has 10 unspecified atom stereocenters. The Hall–Kier alpha value is 2.13. The largest absolute Gasteiger partial charge is 1.00 e. The van der Waals surface area contributed by atoms with Gasteiger partial charge in [-0.2, -0.15) is 0 Å². The van der Waals surface area contributed by atoms with Crippen LogP contribution in [0.1, 0.15) is 41.2 Å². The summed E-state index contributed by atoms with van der Waals surface area (Å²) in [4.78, 5) is 28.8. The maximum Gasteiger partial charge on any atom is 1.00 e. The van der Waals surface area contributed by atoms with Crippen LogP contribution in [-0.2, 0) is 183 Å². The fourth-order valence-corrected chi connectivity index (χ4v) is 16.2. The molecular formula is C71H77Cl5Na6O40S4. The zero-order valence-electron chi connectivity index (χ0n) is 68.8. The van der Waals surface area contributed by atoms with Crippen molar-refractivity contribution < 1.29 is 366 Å². The van der Waals surface area contributed by atoms with E-state index in [4.69, 9.17) is 160 Å². The van der Waals surface area contributed by atoms with Crippen LogP contribution in [-0.4, -0.2) is 235 Å². The summed E-state index contributed by atoms with van der Waals surface area (Å²) in [5, 5.41) is 97.8. The van der Waals surface area contributed by atoms with Gasteiger partial charge >= 0.3 is 177 Å². The van der Waals surface area contributed by atoms with Gasteiger partial charge in [0.1, 0.15) is 103 Å². The van der Waals surface area contributed by atoms with Crippen molar-refractivity contribution >= 4 is 117 Å². The van der Waals surface area contributed by atoms with Gasteiger partial charge in [-0.1, -0.05) is 126 Å². The minimum Gasteiger partial charge on any atom is -0.726 e. The summed E-state index contributed by atoms with van der Waals surface area (Å²) >= 11 is 31.0. The number of halogens is 5. The van der Waals surface area contributed by atoms with E-state index in [2.05, 4.69) is 28.1 Å². The van der Waals surface area contributed by atoms with E-state index < -0.39 is 214 Å². The number of benzene rings is 5. The number of ether oxygens (including phenoxy) is 18. The topological polar surface area (TPSA) is 506 Å². The summed E-state index contributed by atoms with van der Waals surface area (Å²) in [5.74, 6) is -4.12. The predicted molar refractivity (Wildman–Crippen MR) is 393 cm³/mol. The molecule has 2 N–H and O–H groups in total. The quantitative estimate of drug-likeness (QED) is 0.00695. The molecule has 12 rings (SSSR count). The number of aliphatic carboxylic acids is 2. The molecule has 0 aromatic heterocycles. The van der Waals surface area contributed by atoms with Crippen LogP contribution in [0.4, 0.5) is 0 Å². The Balaban J connectivity index is 0.00000469. The van der Waals surface area contributed by atoms with E-state index in [-0.39, 0.29) is 241 Å². The van der Waals surface area contributed by atoms with Crippen molar-refractivity contribution in [3.8, 4) is 0 Å². The van der Waals surface area contributed by atoms with E-state index in [9.17, 15) is 58.8 Å². The van der Waals surface area contributed by atoms with Crippen molar-refractivity contribution in [2.24, 2.45) is 0 Å². The molecule has 0 aliphatic carbocycles. The molecular weight excluding hydrogens is 1940 g/mol. The fourth-order valence-electron chi connectivity index (χ4n) is 14.2. The van der Waals surface area contributed by atoms with Crippen molar-refractivity contribution in [1.82, 2.24) is 0 Å². The van der Waals surface area contributed by atoms with Crippen LogP contribution in [0.15, 0.2) is 121 Å². The van der Waals surface area contributed by atoms with Gasteiger partial charge in [-0.25, -0.2) is 8.42 Å². The van der Waals surface area contributed by atoms with Crippen LogP contribution in [0.5, 0.6) is 0 Å². The average molecular weight is 2010 g/mol. The van der Waals surface area contributed by atoms with Crippen molar-refractivity contribution in [3.63, 3.8) is 0 Å². The number of carboxylic acid groups (broad SMARTS) is 2. The summed E-state index contributed by atoms with van der Waals surface area (Å²) in [5.41, 5.74) is -3.35. The molecule has 2 bridgehead atoms. The summed E-state index contributed by atoms with van der Waals surface area (Å²) in [6.45, 7) is -4.27. The van der Waals surface area contributed by atoms with Crippen molar-refractivity contribution in [1.29, 1.82) is 0 Å². The summed E-state index contributed by atoms with van der Waals surface area (Å²) < 4.78 is 190. The Bertz CT molecular complexity index is 4120. The molecule has 0 radical (unpaired) electrons. The first-order valence-electron chi connectivity index (χ1n) is 35.9. The second-order valence-corrected chi connectivity index (χ2v) is 31.5. The van der Waals surface area contributed by atoms with Crippen LogP contribution in [0.3, 0.4) is 0 Å². The van der Waals surface area contributed by atoms with Gasteiger partial charge in [-0.15, -0.1) is 13.0 Å². The number of carbonyl (C=O) groups excluding carboxylic acids is 2. The number of fused-ring (bicyclic) bond motifs is 3. The summed E-state index contributed by atoms with van der Waals surface area (Å²) in [6, 6.07) is 31.8. The van der Waals surface area contributed by atoms with Crippen LogP contribution < -0.4 is 203 Å². The fraction of sp³-hybridized carbons (Fsp3) is 0.549. The molecule has 25 atom stereocenters. The van der Waals surface area contributed by atoms with E-state index in [0.29, 0.717) is 52.9 Å². The molecule has 666 valence electrons. The minimum absolute atomic E-state index is 0. The molecule has 5 aromatic carbocycles. The first-order valence-corrected chi connectivity index (χ1v) is 41.1. The molecule has 0 saturated carbocycles. The monoisotopic (exact) mass is 2010 g/mol. The van der Waals surface area contributed by atoms with Gasteiger partial charge < -0.3 is 136 Å². The van der Waals surface area contributed by atoms with Crippen LogP contribution in [0.2, 0.25) is 25.1 Å². The maximum atomic E-state index is 14.7. The van der Waals surface area contributed by atoms with E-state index in [1.165, 1.54) is 26.2 Å². The number of methoxy groups -OCH3 is 3. The molecule has 126 heavy (non-hydrogen) atoms. The van der Waals surface area contributed by atoms with Crippen LogP contribution in [0.25, 0.3) is 0 Å². The first kappa shape index (κ1) is 119. The standard InChI is InChI=1S/C71H83Cl5O40S4.6Na/c1-5-70(68(79)80)61(104-64-56(95-31-38-12-22-43(75)23-13-38)51(93-29-36-8-18-41(73)19-9-36)48(47(101-64)33-98-120(86,87)88)92-28-35-6-16-40(72)17-7-35)54(89-2)57(96-32-39-14-24-44(76)25-15-39)66(106-70)103-50-46(27-78)100-65(60(110-119-116-113-85)53(50)108-117-114-111-83)105-62-55(90-3)58-67(107-71(62,34-97-58)69(81)82)102-49-45(26-77)99-63(91-4)59(109-118-115-112-84)52(49)94-30-37-10-20-42(74)21-11-37;;;;;;/h6-25,45-67,77-78,83-85H,5,26-34H2,1-4H3,(H,79,80)(H,81,82)(H,86,87,88);;;;;;/q;6*+1/p-6/t45?,46?,47?,48-,49-,50-,51-,52-,53-,54+,55?,56?,57?,58+,59?,60?,61+,62+,63+,64-,65-,66+,67-,70?,71?;;;;;;/m0....../s1. The van der Waals surface area contributed by atoms with E-state index in [0.717, 1.165) is 14.2 Å². The van der Waals surface area contributed by atoms with E-state index >= 15 is 0 Å². The molecule has 7 fully saturated rings. The van der Waals surface area contributed by atoms with E-state index in [1.54, 1.807) is 109 Å². The molecule has 0 spiro atoms. The SMILES string of the molecule is CCC1(C(=O)[O-])O[C@@H](O[C@H]2C(CO)O[C@@H](O[C@@H]3C(OC)[C@H]4OCC3(C(=O)[O-])O[C@@H]4O[C@H]3C(CO)O[C@@H](OC)C(OSOO[O-])[C@H]3OCc3ccc(Cl)cc3)C(OSOO[O-])[C@H]2OSOO[O-])C(OCc2ccc(Cl)cc2)[C@@H](OC)[C@H]1O[C@@H]1OC(COS(=O)(=O)[O-])[C@H](OCc2ccc(Cl)cc2)[C@H](OCc2ccc(Cl)cc2)C1OCc1ccc(Cl)cc1.[Na+].[Na+].[Na+].[Na+].[Na+].[Na+]. The number of rotatable bonds is 46. The molecule has 7 aliphatic heterocycles. The third-order valence-corrected chi connectivity index (χ3v) is 22.8. The minimum atomic E-state index is -5.55. The normalized spacial score (nSPS) is 31.2. The van der Waals surface area contributed by atoms with Crippen molar-refractivity contribution in [2.45, 2.75) is 199 Å². The molecule has 7 aliphatic rings. The van der Waals surface area contributed by atoms with Crippen LogP contribution >= 0.6 is 95.0 Å². The van der Waals surface area contributed by atoms with Gasteiger partial charge in [0.2, 0.25) is 10.4 Å². The summed E-state index contributed by atoms with van der Waals surface area (Å²) in [6.07, 6.45) is -42.1. The molecule has 5 aromatic rings. The number of aliphatic hydroxyl groups is 2. The van der Waals surface area contributed by atoms with Gasteiger partial charge in [0, 0.05) is 46.4 Å². The Labute approximate surface area is 893 Å². The van der Waals surface area contributed by atoms with Gasteiger partial charge in [0.15, 0.2) is 86.2 Å². The van der Waals surface area contributed by atoms with Gasteiger partial charge in [0.25, 0.3) is 0 Å². The number of hydrogen-bond donors (Lipinski definition) is 2. The molecule has 0 amide bonds.